The van der Waals surface area contributed by atoms with Gasteiger partial charge in [0.15, 0.2) is 0 Å². The number of hydrogen-bond acceptors (Lipinski definition) is 3. The standard InChI is InChI=1S/C17H28N2O3S/c1-14(2)11-18(23(5,21)22)13-17(20)19(15(3)4)12-16-9-7-6-8-10-16/h6-10,14-15H,11-13H2,1-5H3. The Morgan fingerprint density at radius 2 is 1.65 bits per heavy atom. The van der Waals surface area contributed by atoms with Crippen LogP contribution in [0.25, 0.3) is 0 Å². The number of hydrogen-bond donors (Lipinski definition) is 0. The summed E-state index contributed by atoms with van der Waals surface area (Å²) in [5, 5.41) is 0. The maximum Gasteiger partial charge on any atom is 0.238 e. The molecule has 0 atom stereocenters. The molecule has 1 aromatic rings. The van der Waals surface area contributed by atoms with Crippen molar-refractivity contribution >= 4 is 15.9 Å². The molecule has 23 heavy (non-hydrogen) atoms. The van der Waals surface area contributed by atoms with Gasteiger partial charge < -0.3 is 4.90 Å². The topological polar surface area (TPSA) is 57.7 Å². The lowest BCUT2D eigenvalue weighted by molar-refractivity contribution is -0.133. The van der Waals surface area contributed by atoms with E-state index in [2.05, 4.69) is 0 Å². The van der Waals surface area contributed by atoms with E-state index in [-0.39, 0.29) is 24.4 Å². The minimum absolute atomic E-state index is 0.00293. The molecule has 0 heterocycles. The Kier molecular flexibility index (Phi) is 7.22. The molecule has 6 heteroatoms. The van der Waals surface area contributed by atoms with Crippen molar-refractivity contribution in [1.82, 2.24) is 9.21 Å². The highest BCUT2D eigenvalue weighted by Gasteiger charge is 2.25. The van der Waals surface area contributed by atoms with E-state index in [1.165, 1.54) is 4.31 Å². The molecular weight excluding hydrogens is 312 g/mol. The number of amides is 1. The normalized spacial score (nSPS) is 12.2. The largest absolute Gasteiger partial charge is 0.335 e. The van der Waals surface area contributed by atoms with Crippen LogP contribution in [0.4, 0.5) is 0 Å². The maximum atomic E-state index is 12.6. The Morgan fingerprint density at radius 1 is 1.09 bits per heavy atom. The monoisotopic (exact) mass is 340 g/mol. The summed E-state index contributed by atoms with van der Waals surface area (Å²) in [6.07, 6.45) is 1.15. The molecular formula is C17H28N2O3S. The van der Waals surface area contributed by atoms with Crippen LogP contribution in [0, 0.1) is 5.92 Å². The summed E-state index contributed by atoms with van der Waals surface area (Å²) in [6, 6.07) is 9.72. The van der Waals surface area contributed by atoms with Gasteiger partial charge in [0.05, 0.1) is 12.8 Å². The number of rotatable bonds is 8. The van der Waals surface area contributed by atoms with E-state index in [1.54, 1.807) is 4.90 Å². The molecule has 0 aliphatic carbocycles. The first-order chi connectivity index (χ1) is 10.6. The first-order valence-electron chi connectivity index (χ1n) is 7.89. The molecule has 1 aromatic carbocycles. The van der Waals surface area contributed by atoms with Crippen molar-refractivity contribution in [2.45, 2.75) is 40.3 Å². The summed E-state index contributed by atoms with van der Waals surface area (Å²) in [4.78, 5) is 14.4. The van der Waals surface area contributed by atoms with Gasteiger partial charge in [0.2, 0.25) is 15.9 Å². The van der Waals surface area contributed by atoms with Crippen LogP contribution < -0.4 is 0 Å². The average Bonchev–Trinajstić information content (AvgIpc) is 2.43. The van der Waals surface area contributed by atoms with E-state index < -0.39 is 10.0 Å². The summed E-state index contributed by atoms with van der Waals surface area (Å²) in [5.41, 5.74) is 1.03. The van der Waals surface area contributed by atoms with Gasteiger partial charge in [0.25, 0.3) is 0 Å². The van der Waals surface area contributed by atoms with Crippen LogP contribution in [0.1, 0.15) is 33.3 Å². The first-order valence-corrected chi connectivity index (χ1v) is 9.74. The second-order valence-corrected chi connectivity index (χ2v) is 8.53. The van der Waals surface area contributed by atoms with Crippen molar-refractivity contribution in [3.05, 3.63) is 35.9 Å². The number of sulfonamides is 1. The minimum atomic E-state index is -3.40. The zero-order valence-corrected chi connectivity index (χ0v) is 15.5. The highest BCUT2D eigenvalue weighted by molar-refractivity contribution is 7.88. The van der Waals surface area contributed by atoms with Crippen molar-refractivity contribution in [3.8, 4) is 0 Å². The van der Waals surface area contributed by atoms with Crippen molar-refractivity contribution in [3.63, 3.8) is 0 Å². The van der Waals surface area contributed by atoms with Gasteiger partial charge in [0, 0.05) is 19.1 Å². The molecule has 5 nitrogen and oxygen atoms in total. The smallest absolute Gasteiger partial charge is 0.238 e. The first kappa shape index (κ1) is 19.6. The third kappa shape index (κ3) is 6.71. The average molecular weight is 340 g/mol. The fourth-order valence-electron chi connectivity index (χ4n) is 2.31. The van der Waals surface area contributed by atoms with Crippen LogP contribution in [-0.4, -0.2) is 48.9 Å². The molecule has 1 amide bonds. The summed E-state index contributed by atoms with van der Waals surface area (Å²) < 4.78 is 25.1. The molecule has 0 aliphatic rings. The van der Waals surface area contributed by atoms with E-state index in [9.17, 15) is 13.2 Å². The highest BCUT2D eigenvalue weighted by Crippen LogP contribution is 2.11. The molecule has 0 N–H and O–H groups in total. The fourth-order valence-corrected chi connectivity index (χ4v) is 3.22. The predicted octanol–water partition coefficient (Wildman–Crippen LogP) is 2.34. The molecule has 0 aliphatic heterocycles. The zero-order valence-electron chi connectivity index (χ0n) is 14.7. The van der Waals surface area contributed by atoms with Gasteiger partial charge in [-0.1, -0.05) is 44.2 Å². The molecule has 0 fully saturated rings. The van der Waals surface area contributed by atoms with Gasteiger partial charge in [-0.2, -0.15) is 4.31 Å². The SMILES string of the molecule is CC(C)CN(CC(=O)N(Cc1ccccc1)C(C)C)S(C)(=O)=O. The number of benzene rings is 1. The molecule has 1 rings (SSSR count). The van der Waals surface area contributed by atoms with Crippen LogP contribution in [0.15, 0.2) is 30.3 Å². The van der Waals surface area contributed by atoms with Gasteiger partial charge in [-0.15, -0.1) is 0 Å². The summed E-state index contributed by atoms with van der Waals surface area (Å²) in [5.74, 6) is -0.00548. The van der Waals surface area contributed by atoms with Crippen LogP contribution in [0.3, 0.4) is 0 Å². The lowest BCUT2D eigenvalue weighted by atomic mass is 10.2. The van der Waals surface area contributed by atoms with E-state index in [1.807, 2.05) is 58.0 Å². The van der Waals surface area contributed by atoms with Gasteiger partial charge >= 0.3 is 0 Å². The van der Waals surface area contributed by atoms with Gasteiger partial charge in [0.1, 0.15) is 0 Å². The number of carbonyl (C=O) groups is 1. The Balaban J connectivity index is 2.88. The summed E-state index contributed by atoms with van der Waals surface area (Å²) in [6.45, 7) is 8.47. The fraction of sp³-hybridized carbons (Fsp3) is 0.588. The zero-order chi connectivity index (χ0) is 17.6. The molecule has 0 bridgehead atoms. The second-order valence-electron chi connectivity index (χ2n) is 6.55. The lowest BCUT2D eigenvalue weighted by Gasteiger charge is -2.30. The quantitative estimate of drug-likeness (QED) is 0.730. The van der Waals surface area contributed by atoms with E-state index in [4.69, 9.17) is 0 Å². The highest BCUT2D eigenvalue weighted by atomic mass is 32.2. The molecule has 0 unspecified atom stereocenters. The van der Waals surface area contributed by atoms with Crippen LogP contribution >= 0.6 is 0 Å². The van der Waals surface area contributed by atoms with E-state index >= 15 is 0 Å². The minimum Gasteiger partial charge on any atom is -0.335 e. The lowest BCUT2D eigenvalue weighted by Crippen LogP contribution is -2.45. The maximum absolute atomic E-state index is 12.6. The van der Waals surface area contributed by atoms with Crippen molar-refractivity contribution < 1.29 is 13.2 Å². The number of carbonyl (C=O) groups excluding carboxylic acids is 1. The van der Waals surface area contributed by atoms with Crippen molar-refractivity contribution in [2.24, 2.45) is 5.92 Å². The van der Waals surface area contributed by atoms with Gasteiger partial charge in [-0.25, -0.2) is 8.42 Å². The summed E-state index contributed by atoms with van der Waals surface area (Å²) >= 11 is 0. The Morgan fingerprint density at radius 3 is 2.09 bits per heavy atom. The molecule has 0 saturated carbocycles. The molecule has 130 valence electrons. The Labute approximate surface area is 140 Å². The third-order valence-corrected chi connectivity index (χ3v) is 4.71. The van der Waals surface area contributed by atoms with Crippen LogP contribution in [-0.2, 0) is 21.4 Å². The van der Waals surface area contributed by atoms with Crippen molar-refractivity contribution in [1.29, 1.82) is 0 Å². The molecule has 0 aromatic heterocycles. The van der Waals surface area contributed by atoms with Crippen LogP contribution in [0.2, 0.25) is 0 Å². The summed E-state index contributed by atoms with van der Waals surface area (Å²) in [7, 11) is -3.40. The predicted molar refractivity (Wildman–Crippen MR) is 93.4 cm³/mol. The Bertz CT molecular complexity index is 598. The van der Waals surface area contributed by atoms with Gasteiger partial charge in [-0.3, -0.25) is 4.79 Å². The number of nitrogens with zero attached hydrogens (tertiary/aromatic N) is 2. The third-order valence-electron chi connectivity index (χ3n) is 3.49. The van der Waals surface area contributed by atoms with Gasteiger partial charge in [-0.05, 0) is 25.3 Å². The second kappa shape index (κ2) is 8.45. The van der Waals surface area contributed by atoms with Crippen LogP contribution in [0.5, 0.6) is 0 Å². The Hall–Kier alpha value is -1.40. The molecule has 0 saturated heterocycles. The molecule has 0 radical (unpaired) electrons. The van der Waals surface area contributed by atoms with Crippen molar-refractivity contribution in [2.75, 3.05) is 19.3 Å². The van der Waals surface area contributed by atoms with E-state index in [0.717, 1.165) is 11.8 Å². The van der Waals surface area contributed by atoms with E-state index in [0.29, 0.717) is 13.1 Å². The molecule has 0 spiro atoms.